The molecule has 36 heavy (non-hydrogen) atoms. The smallest absolute Gasteiger partial charge is 0.294 e. The summed E-state index contributed by atoms with van der Waals surface area (Å²) in [5, 5.41) is -0.213. The summed E-state index contributed by atoms with van der Waals surface area (Å²) >= 11 is 8.94. The summed E-state index contributed by atoms with van der Waals surface area (Å²) in [4.78, 5) is 40.9. The number of carbonyl (C=O) groups is 3. The van der Waals surface area contributed by atoms with Gasteiger partial charge in [0.25, 0.3) is 11.1 Å². The van der Waals surface area contributed by atoms with Crippen molar-refractivity contribution in [3.8, 4) is 11.5 Å². The van der Waals surface area contributed by atoms with Crippen LogP contribution in [0.5, 0.6) is 11.5 Å². The number of ether oxygens (including phenoxy) is 2. The van der Waals surface area contributed by atoms with Crippen molar-refractivity contribution in [2.24, 2.45) is 0 Å². The molecule has 11 heteroatoms. The Kier molecular flexibility index (Phi) is 8.78. The van der Waals surface area contributed by atoms with Gasteiger partial charge in [0.15, 0.2) is 11.5 Å². The van der Waals surface area contributed by atoms with Crippen molar-refractivity contribution in [1.29, 1.82) is 0 Å². The highest BCUT2D eigenvalue weighted by Gasteiger charge is 2.37. The van der Waals surface area contributed by atoms with E-state index in [1.165, 1.54) is 19.2 Å². The lowest BCUT2D eigenvalue weighted by Gasteiger charge is -2.27. The summed E-state index contributed by atoms with van der Waals surface area (Å²) in [6.07, 6.45) is 4.53. The van der Waals surface area contributed by atoms with Crippen molar-refractivity contribution in [3.05, 3.63) is 60.8 Å². The number of carbonyl (C=O) groups excluding carboxylic acids is 3. The second-order valence-corrected chi connectivity index (χ2v) is 10.8. The molecule has 2 aromatic rings. The van der Waals surface area contributed by atoms with Gasteiger partial charge in [-0.2, -0.15) is 0 Å². The molecule has 0 bridgehead atoms. The quantitative estimate of drug-likeness (QED) is 0.284. The van der Waals surface area contributed by atoms with E-state index in [0.717, 1.165) is 35.9 Å². The Labute approximate surface area is 231 Å². The van der Waals surface area contributed by atoms with Crippen molar-refractivity contribution in [3.63, 3.8) is 0 Å². The van der Waals surface area contributed by atoms with Crippen molar-refractivity contribution >= 4 is 69.1 Å². The van der Waals surface area contributed by atoms with Crippen LogP contribution >= 0.6 is 46.0 Å². The number of methoxy groups -OCH3 is 1. The molecule has 7 nitrogen and oxygen atoms in total. The third kappa shape index (κ3) is 5.97. The lowest BCUT2D eigenvalue weighted by Crippen LogP contribution is -2.44. The molecular formula is C25H23ClFIN2O5S. The number of halogens is 3. The molecule has 0 aliphatic carbocycles. The molecule has 0 N–H and O–H groups in total. The van der Waals surface area contributed by atoms with E-state index in [0.29, 0.717) is 33.7 Å². The number of thioether (sulfide) groups is 1. The second kappa shape index (κ2) is 11.8. The molecular weight excluding hydrogens is 622 g/mol. The molecule has 0 atom stereocenters. The van der Waals surface area contributed by atoms with Gasteiger partial charge in [-0.25, -0.2) is 4.39 Å². The van der Waals surface area contributed by atoms with E-state index in [2.05, 4.69) is 22.6 Å². The van der Waals surface area contributed by atoms with E-state index >= 15 is 0 Å². The molecule has 2 aliphatic heterocycles. The first-order chi connectivity index (χ1) is 17.3. The van der Waals surface area contributed by atoms with Crippen LogP contribution in [0.3, 0.4) is 0 Å². The van der Waals surface area contributed by atoms with Gasteiger partial charge < -0.3 is 14.4 Å². The Balaban J connectivity index is 1.50. The zero-order valence-electron chi connectivity index (χ0n) is 19.4. The van der Waals surface area contributed by atoms with Crippen LogP contribution in [-0.2, 0) is 16.2 Å². The van der Waals surface area contributed by atoms with Crippen molar-refractivity contribution < 1.29 is 28.2 Å². The monoisotopic (exact) mass is 644 g/mol. The Morgan fingerprint density at radius 2 is 1.97 bits per heavy atom. The molecule has 0 radical (unpaired) electrons. The maximum atomic E-state index is 14.1. The number of hydrogen-bond donors (Lipinski definition) is 0. The predicted molar refractivity (Wildman–Crippen MR) is 145 cm³/mol. The molecule has 4 rings (SSSR count). The minimum atomic E-state index is -0.501. The molecule has 2 fully saturated rings. The van der Waals surface area contributed by atoms with Gasteiger partial charge in [-0.1, -0.05) is 17.7 Å². The number of nitrogens with zero attached hydrogens (tertiary/aromatic N) is 2. The van der Waals surface area contributed by atoms with Crippen molar-refractivity contribution in [2.75, 3.05) is 26.7 Å². The van der Waals surface area contributed by atoms with Gasteiger partial charge in [-0.15, -0.1) is 0 Å². The van der Waals surface area contributed by atoms with Crippen LogP contribution in [0.1, 0.15) is 30.4 Å². The minimum Gasteiger partial charge on any atom is -0.493 e. The predicted octanol–water partition coefficient (Wildman–Crippen LogP) is 5.72. The largest absolute Gasteiger partial charge is 0.493 e. The van der Waals surface area contributed by atoms with E-state index in [1.807, 2.05) is 0 Å². The third-order valence-electron chi connectivity index (χ3n) is 5.85. The number of amides is 3. The SMILES string of the molecule is COc1cc(/C=C2\SC(=O)N(CC(=O)N3CCCCC3)C2=O)cc(I)c1OCc1c(F)cccc1Cl. The molecule has 0 unspecified atom stereocenters. The topological polar surface area (TPSA) is 76.2 Å². The van der Waals surface area contributed by atoms with E-state index < -0.39 is 17.0 Å². The number of piperidine rings is 1. The third-order valence-corrected chi connectivity index (χ3v) is 7.91. The van der Waals surface area contributed by atoms with Crippen LogP contribution in [0.25, 0.3) is 6.08 Å². The van der Waals surface area contributed by atoms with E-state index in [4.69, 9.17) is 21.1 Å². The lowest BCUT2D eigenvalue weighted by molar-refractivity contribution is -0.136. The van der Waals surface area contributed by atoms with Crippen LogP contribution in [0.15, 0.2) is 35.2 Å². The average Bonchev–Trinajstić information content (AvgIpc) is 3.12. The van der Waals surface area contributed by atoms with Crippen LogP contribution in [0.2, 0.25) is 5.02 Å². The van der Waals surface area contributed by atoms with Crippen LogP contribution < -0.4 is 9.47 Å². The van der Waals surface area contributed by atoms with Gasteiger partial charge in [-0.05, 0) is 89.5 Å². The van der Waals surface area contributed by atoms with Gasteiger partial charge in [0.05, 0.1) is 20.6 Å². The molecule has 0 aromatic heterocycles. The fraction of sp³-hybridized carbons (Fsp3) is 0.320. The van der Waals surface area contributed by atoms with Gasteiger partial charge in [0, 0.05) is 18.7 Å². The Morgan fingerprint density at radius 3 is 2.67 bits per heavy atom. The van der Waals surface area contributed by atoms with Crippen LogP contribution in [0.4, 0.5) is 9.18 Å². The molecule has 190 valence electrons. The maximum absolute atomic E-state index is 14.1. The fourth-order valence-corrected chi connectivity index (χ4v) is 5.78. The highest BCUT2D eigenvalue weighted by molar-refractivity contribution is 14.1. The van der Waals surface area contributed by atoms with E-state index in [1.54, 1.807) is 29.2 Å². The zero-order chi connectivity index (χ0) is 25.8. The summed E-state index contributed by atoms with van der Waals surface area (Å²) in [5.41, 5.74) is 0.842. The summed E-state index contributed by atoms with van der Waals surface area (Å²) in [7, 11) is 1.47. The second-order valence-electron chi connectivity index (χ2n) is 8.23. The average molecular weight is 645 g/mol. The highest BCUT2D eigenvalue weighted by Crippen LogP contribution is 2.38. The first kappa shape index (κ1) is 26.7. The van der Waals surface area contributed by atoms with Crippen molar-refractivity contribution in [2.45, 2.75) is 25.9 Å². The standard InChI is InChI=1S/C25H23ClFIN2O5S/c1-34-20-11-15(10-19(28)23(20)35-14-16-17(26)6-5-7-18(16)27)12-21-24(32)30(25(33)36-21)13-22(31)29-8-3-2-4-9-29/h5-7,10-12H,2-4,8-9,13-14H2,1H3/b21-12-. The molecule has 2 aliphatic rings. The molecule has 2 heterocycles. The molecule has 0 spiro atoms. The van der Waals surface area contributed by atoms with E-state index in [9.17, 15) is 18.8 Å². The molecule has 2 aromatic carbocycles. The van der Waals surface area contributed by atoms with Gasteiger partial charge in [0.1, 0.15) is 19.0 Å². The van der Waals surface area contributed by atoms with Crippen LogP contribution in [0, 0.1) is 9.39 Å². The first-order valence-electron chi connectivity index (χ1n) is 11.2. The Bertz CT molecular complexity index is 1210. The Morgan fingerprint density at radius 1 is 1.22 bits per heavy atom. The summed E-state index contributed by atoms with van der Waals surface area (Å²) in [6.45, 7) is 0.955. The molecule has 0 saturated carbocycles. The van der Waals surface area contributed by atoms with Gasteiger partial charge >= 0.3 is 0 Å². The number of imide groups is 1. The van der Waals surface area contributed by atoms with Crippen LogP contribution in [-0.4, -0.2) is 53.6 Å². The number of likely N-dealkylation sites (tertiary alicyclic amines) is 1. The normalized spacial score (nSPS) is 17.2. The number of hydrogen-bond acceptors (Lipinski definition) is 6. The molecule has 3 amide bonds. The lowest BCUT2D eigenvalue weighted by atomic mass is 10.1. The maximum Gasteiger partial charge on any atom is 0.294 e. The van der Waals surface area contributed by atoms with Gasteiger partial charge in [0.2, 0.25) is 5.91 Å². The molecule has 2 saturated heterocycles. The highest BCUT2D eigenvalue weighted by atomic mass is 127. The van der Waals surface area contributed by atoms with E-state index in [-0.39, 0.29) is 34.6 Å². The summed E-state index contributed by atoms with van der Waals surface area (Å²) in [5.74, 6) is -0.415. The summed E-state index contributed by atoms with van der Waals surface area (Å²) < 4.78 is 26.1. The number of rotatable bonds is 7. The number of benzene rings is 2. The Hall–Kier alpha value is -2.31. The fourth-order valence-electron chi connectivity index (χ4n) is 3.94. The minimum absolute atomic E-state index is 0.0961. The first-order valence-corrected chi connectivity index (χ1v) is 13.5. The zero-order valence-corrected chi connectivity index (χ0v) is 23.1. The van der Waals surface area contributed by atoms with Crippen molar-refractivity contribution in [1.82, 2.24) is 9.80 Å². The summed E-state index contributed by atoms with van der Waals surface area (Å²) in [6, 6.07) is 7.83. The van der Waals surface area contributed by atoms with Gasteiger partial charge in [-0.3, -0.25) is 19.3 Å².